The normalized spacial score (nSPS) is 21.8. The summed E-state index contributed by atoms with van der Waals surface area (Å²) in [5.74, 6) is 1.07. The summed E-state index contributed by atoms with van der Waals surface area (Å²) < 4.78 is 1.86. The quantitative estimate of drug-likeness (QED) is 0.706. The van der Waals surface area contributed by atoms with E-state index in [1.54, 1.807) is 0 Å². The second-order valence-corrected chi connectivity index (χ2v) is 8.99. The summed E-state index contributed by atoms with van der Waals surface area (Å²) >= 11 is 0. The summed E-state index contributed by atoms with van der Waals surface area (Å²) in [5, 5.41) is 4.84. The van der Waals surface area contributed by atoms with Gasteiger partial charge in [0.15, 0.2) is 5.65 Å². The second kappa shape index (κ2) is 7.96. The van der Waals surface area contributed by atoms with Gasteiger partial charge in [-0.25, -0.2) is 9.50 Å². The lowest BCUT2D eigenvalue weighted by Crippen LogP contribution is -2.38. The van der Waals surface area contributed by atoms with E-state index in [0.717, 1.165) is 79.2 Å². The molecule has 0 bridgehead atoms. The Balaban J connectivity index is 1.47. The highest BCUT2D eigenvalue weighted by molar-refractivity contribution is 5.94. The van der Waals surface area contributed by atoms with Crippen LogP contribution in [0.15, 0.2) is 36.5 Å². The van der Waals surface area contributed by atoms with Crippen molar-refractivity contribution in [3.05, 3.63) is 58.9 Å². The Bertz CT molecular complexity index is 1120. The molecule has 2 aromatic heterocycles. The third-order valence-electron chi connectivity index (χ3n) is 6.52. The summed E-state index contributed by atoms with van der Waals surface area (Å²) in [4.78, 5) is 22.5. The van der Waals surface area contributed by atoms with Crippen molar-refractivity contribution >= 4 is 17.4 Å². The van der Waals surface area contributed by atoms with E-state index >= 15 is 0 Å². The minimum Gasteiger partial charge on any atom is -0.355 e. The number of nitrogens with two attached hydrogens (primary N) is 1. The largest absolute Gasteiger partial charge is 0.355 e. The molecule has 0 saturated carbocycles. The van der Waals surface area contributed by atoms with Crippen LogP contribution in [0.25, 0.3) is 5.65 Å². The van der Waals surface area contributed by atoms with E-state index in [4.69, 9.17) is 15.8 Å². The van der Waals surface area contributed by atoms with Crippen LogP contribution in [0.5, 0.6) is 0 Å². The first-order chi connectivity index (χ1) is 15.0. The number of amides is 1. The van der Waals surface area contributed by atoms with E-state index in [1.807, 2.05) is 52.9 Å². The van der Waals surface area contributed by atoms with E-state index in [0.29, 0.717) is 0 Å². The number of piperidine rings is 1. The fourth-order valence-electron chi connectivity index (χ4n) is 4.91. The highest BCUT2D eigenvalue weighted by atomic mass is 16.2. The molecule has 1 aromatic carbocycles. The molecule has 4 heterocycles. The number of benzene rings is 1. The van der Waals surface area contributed by atoms with Crippen LogP contribution in [0.1, 0.15) is 58.9 Å². The number of likely N-dealkylation sites (tertiary alicyclic amines) is 1. The van der Waals surface area contributed by atoms with Crippen LogP contribution >= 0.6 is 0 Å². The molecule has 2 unspecified atom stereocenters. The molecule has 2 N–H and O–H groups in total. The summed E-state index contributed by atoms with van der Waals surface area (Å²) in [6, 6.07) is 10.1. The zero-order chi connectivity index (χ0) is 21.5. The molecule has 2 aliphatic heterocycles. The maximum Gasteiger partial charge on any atom is 0.254 e. The molecule has 7 nitrogen and oxygen atoms in total. The van der Waals surface area contributed by atoms with E-state index in [9.17, 15) is 4.79 Å². The average molecular weight is 419 g/mol. The standard InChI is InChI=1S/C24H30N6O/c1-16-6-5-7-18(12-16)24(31)29-10-4-3-8-21(29)20-13-22-26-23(17(2)14-30(22)27-20)28-11-9-19(25)15-28/h5-7,12-14,19,21H,3-4,8-11,15,25H2,1-2H3. The van der Waals surface area contributed by atoms with Crippen LogP contribution in [-0.4, -0.2) is 51.1 Å². The third-order valence-corrected chi connectivity index (χ3v) is 6.52. The van der Waals surface area contributed by atoms with Gasteiger partial charge in [-0.2, -0.15) is 5.10 Å². The number of aromatic nitrogens is 3. The van der Waals surface area contributed by atoms with Crippen LogP contribution in [0.2, 0.25) is 0 Å². The predicted octanol–water partition coefficient (Wildman–Crippen LogP) is 3.25. The third kappa shape index (κ3) is 3.78. The molecule has 31 heavy (non-hydrogen) atoms. The van der Waals surface area contributed by atoms with Crippen molar-refractivity contribution in [3.8, 4) is 0 Å². The summed E-state index contributed by atoms with van der Waals surface area (Å²) in [6.45, 7) is 6.63. The van der Waals surface area contributed by atoms with E-state index < -0.39 is 0 Å². The molecule has 2 fully saturated rings. The lowest BCUT2D eigenvalue weighted by Gasteiger charge is -2.34. The molecule has 2 aliphatic rings. The van der Waals surface area contributed by atoms with E-state index in [2.05, 4.69) is 11.8 Å². The minimum absolute atomic E-state index is 0.0209. The summed E-state index contributed by atoms with van der Waals surface area (Å²) in [6.07, 6.45) is 6.08. The molecule has 0 spiro atoms. The molecular formula is C24H30N6O. The second-order valence-electron chi connectivity index (χ2n) is 8.99. The van der Waals surface area contributed by atoms with Gasteiger partial charge in [0.1, 0.15) is 5.82 Å². The first-order valence-electron chi connectivity index (χ1n) is 11.2. The van der Waals surface area contributed by atoms with Crippen molar-refractivity contribution in [3.63, 3.8) is 0 Å². The summed E-state index contributed by atoms with van der Waals surface area (Å²) in [5.41, 5.74) is 10.8. The molecule has 0 radical (unpaired) electrons. The Morgan fingerprint density at radius 2 is 2.00 bits per heavy atom. The monoisotopic (exact) mass is 418 g/mol. The Kier molecular flexibility index (Phi) is 5.14. The van der Waals surface area contributed by atoms with Gasteiger partial charge >= 0.3 is 0 Å². The highest BCUT2D eigenvalue weighted by Gasteiger charge is 2.31. The maximum atomic E-state index is 13.3. The van der Waals surface area contributed by atoms with Gasteiger partial charge in [-0.05, 0) is 51.7 Å². The predicted molar refractivity (Wildman–Crippen MR) is 121 cm³/mol. The van der Waals surface area contributed by atoms with Gasteiger partial charge in [0, 0.05) is 49.1 Å². The molecule has 3 aromatic rings. The van der Waals surface area contributed by atoms with Gasteiger partial charge in [0.25, 0.3) is 5.91 Å². The molecular weight excluding hydrogens is 388 g/mol. The number of fused-ring (bicyclic) bond motifs is 1. The van der Waals surface area contributed by atoms with Crippen LogP contribution in [-0.2, 0) is 0 Å². The number of hydrogen-bond acceptors (Lipinski definition) is 5. The van der Waals surface area contributed by atoms with Gasteiger partial charge in [-0.1, -0.05) is 17.7 Å². The number of nitrogens with zero attached hydrogens (tertiary/aromatic N) is 5. The van der Waals surface area contributed by atoms with E-state index in [1.165, 1.54) is 0 Å². The van der Waals surface area contributed by atoms with Crippen LogP contribution in [0.4, 0.5) is 5.82 Å². The topological polar surface area (TPSA) is 79.8 Å². The number of aryl methyl sites for hydroxylation is 2. The number of carbonyl (C=O) groups is 1. The summed E-state index contributed by atoms with van der Waals surface area (Å²) in [7, 11) is 0. The smallest absolute Gasteiger partial charge is 0.254 e. The Hall–Kier alpha value is -2.93. The number of hydrogen-bond donors (Lipinski definition) is 1. The zero-order valence-corrected chi connectivity index (χ0v) is 18.3. The molecule has 162 valence electrons. The first kappa shape index (κ1) is 20.0. The number of anilines is 1. The molecule has 7 heteroatoms. The maximum absolute atomic E-state index is 13.3. The first-order valence-corrected chi connectivity index (χ1v) is 11.2. The lowest BCUT2D eigenvalue weighted by atomic mass is 9.98. The molecule has 2 atom stereocenters. The average Bonchev–Trinajstić information content (AvgIpc) is 3.38. The SMILES string of the molecule is Cc1cccc(C(=O)N2CCCCC2c2cc3nc(N4CCC(N)C4)c(C)cn3n2)c1. The van der Waals surface area contributed by atoms with Gasteiger partial charge < -0.3 is 15.5 Å². The highest BCUT2D eigenvalue weighted by Crippen LogP contribution is 2.32. The van der Waals surface area contributed by atoms with Crippen molar-refractivity contribution in [1.29, 1.82) is 0 Å². The molecule has 1 amide bonds. The Morgan fingerprint density at radius 3 is 2.77 bits per heavy atom. The van der Waals surface area contributed by atoms with Crippen molar-refractivity contribution in [1.82, 2.24) is 19.5 Å². The van der Waals surface area contributed by atoms with Gasteiger partial charge in [-0.3, -0.25) is 4.79 Å². The molecule has 2 saturated heterocycles. The van der Waals surface area contributed by atoms with Crippen molar-refractivity contribution in [2.24, 2.45) is 5.73 Å². The zero-order valence-electron chi connectivity index (χ0n) is 18.3. The van der Waals surface area contributed by atoms with Gasteiger partial charge in [0.2, 0.25) is 0 Å². The number of rotatable bonds is 3. The minimum atomic E-state index is -0.0209. The van der Waals surface area contributed by atoms with Crippen LogP contribution in [0.3, 0.4) is 0 Å². The van der Waals surface area contributed by atoms with Gasteiger partial charge in [0.05, 0.1) is 11.7 Å². The van der Waals surface area contributed by atoms with Crippen molar-refractivity contribution < 1.29 is 4.79 Å². The fourth-order valence-corrected chi connectivity index (χ4v) is 4.91. The van der Waals surface area contributed by atoms with Crippen LogP contribution < -0.4 is 10.6 Å². The van der Waals surface area contributed by atoms with Crippen molar-refractivity contribution in [2.75, 3.05) is 24.5 Å². The van der Waals surface area contributed by atoms with E-state index in [-0.39, 0.29) is 18.0 Å². The Morgan fingerprint density at radius 1 is 1.13 bits per heavy atom. The fraction of sp³-hybridized carbons (Fsp3) is 0.458. The lowest BCUT2D eigenvalue weighted by molar-refractivity contribution is 0.0605. The van der Waals surface area contributed by atoms with Crippen LogP contribution in [0, 0.1) is 13.8 Å². The Labute approximate surface area is 182 Å². The van der Waals surface area contributed by atoms with Gasteiger partial charge in [-0.15, -0.1) is 0 Å². The number of carbonyl (C=O) groups excluding carboxylic acids is 1. The van der Waals surface area contributed by atoms with Crippen molar-refractivity contribution in [2.45, 2.75) is 51.6 Å². The molecule has 0 aliphatic carbocycles. The molecule has 5 rings (SSSR count).